The Balaban J connectivity index is 0.000000662. The molecular weight excluding hydrogens is 1130 g/mol. The van der Waals surface area contributed by atoms with E-state index in [2.05, 4.69) is 84.9 Å². The van der Waals surface area contributed by atoms with Gasteiger partial charge in [0.15, 0.2) is 14.3 Å². The molecule has 0 bridgehead atoms. The fourth-order valence-corrected chi connectivity index (χ4v) is 6.90. The number of hydrogen-bond acceptors (Lipinski definition) is 4. The summed E-state index contributed by atoms with van der Waals surface area (Å²) in [5, 5.41) is 0. The van der Waals surface area contributed by atoms with Crippen LogP contribution in [0, 0.1) is 14.3 Å². The molecule has 0 saturated carbocycles. The monoisotopic (exact) mass is 1150 g/mol. The molecule has 4 aromatic carbocycles. The molecule has 0 aliphatic heterocycles. The van der Waals surface area contributed by atoms with Gasteiger partial charge in [-0.1, -0.05) is 36.4 Å². The van der Waals surface area contributed by atoms with Crippen LogP contribution in [-0.4, -0.2) is 52.2 Å². The van der Waals surface area contributed by atoms with Crippen molar-refractivity contribution in [1.29, 1.82) is 0 Å². The molecule has 0 spiro atoms. The summed E-state index contributed by atoms with van der Waals surface area (Å²) in [5.74, 6) is 1.82. The van der Waals surface area contributed by atoms with Gasteiger partial charge in [-0.2, -0.15) is 21.6 Å². The van der Waals surface area contributed by atoms with E-state index in [9.17, 15) is 55.2 Å². The molecule has 0 saturated heterocycles. The van der Waals surface area contributed by atoms with Crippen LogP contribution in [0.5, 0.6) is 11.5 Å². The van der Waals surface area contributed by atoms with Gasteiger partial charge in [0.1, 0.15) is 11.5 Å². The van der Waals surface area contributed by atoms with Gasteiger partial charge in [-0.3, -0.25) is 4.55 Å². The molecule has 5 nitrogen and oxygen atoms in total. The fourth-order valence-electron chi connectivity index (χ4n) is 2.47. The average molecular weight is 1150 g/mol. The van der Waals surface area contributed by atoms with Gasteiger partial charge in [0.25, 0.3) is 0 Å². The second-order valence-electron chi connectivity index (χ2n) is 8.93. The van der Waals surface area contributed by atoms with Gasteiger partial charge in [0.2, 0.25) is 0 Å². The Morgan fingerprint density at radius 1 is 0.538 bits per heavy atom. The van der Waals surface area contributed by atoms with Gasteiger partial charge in [-0.15, -0.1) is 0 Å². The van der Waals surface area contributed by atoms with Crippen LogP contribution in [-0.2, 0) is 10.1 Å². The molecule has 0 fully saturated rings. The zero-order chi connectivity index (χ0) is 40.8. The van der Waals surface area contributed by atoms with Crippen molar-refractivity contribution in [3.63, 3.8) is 0 Å². The Labute approximate surface area is 309 Å². The molecule has 0 radical (unpaired) electrons. The topological polar surface area (TPSA) is 72.8 Å². The first-order chi connectivity index (χ1) is 22.9. The quantitative estimate of drug-likeness (QED) is 0.0685. The van der Waals surface area contributed by atoms with Gasteiger partial charge >= 0.3 is 127 Å². The number of methoxy groups -OCH3 is 2. The minimum absolute atomic E-state index is 0.0287. The van der Waals surface area contributed by atoms with Crippen LogP contribution in [0.3, 0.4) is 0 Å². The molecule has 0 heterocycles. The molecule has 4 rings (SSSR count). The normalized spacial score (nSPS) is 14.1. The molecule has 0 aromatic heterocycles. The zero-order valence-corrected chi connectivity index (χ0v) is 34.3. The Hall–Kier alpha value is -1.95. The van der Waals surface area contributed by atoms with E-state index in [4.69, 9.17) is 22.4 Å². The van der Waals surface area contributed by atoms with Crippen molar-refractivity contribution in [2.75, 3.05) is 14.2 Å². The third kappa shape index (κ3) is 35.1. The third-order valence-corrected chi connectivity index (χ3v) is 10.2. The Morgan fingerprint density at radius 3 is 0.904 bits per heavy atom. The van der Waals surface area contributed by atoms with Crippen LogP contribution in [0.1, 0.15) is 0 Å². The molecular formula is C27H25F15I2O5PSSb. The van der Waals surface area contributed by atoms with E-state index in [0.29, 0.717) is 0 Å². The van der Waals surface area contributed by atoms with E-state index in [0.717, 1.165) is 11.5 Å². The Kier molecular flexibility index (Phi) is 17.0. The van der Waals surface area contributed by atoms with Crippen LogP contribution < -0.4 is 51.9 Å². The maximum Gasteiger partial charge on any atom is 0.357 e. The van der Waals surface area contributed by atoms with Gasteiger partial charge in [0.05, 0.1) is 14.2 Å². The van der Waals surface area contributed by atoms with Crippen molar-refractivity contribution < 1.29 is 120 Å². The summed E-state index contributed by atoms with van der Waals surface area (Å²) >= 11 is -11.3. The van der Waals surface area contributed by atoms with E-state index < -0.39 is 42.9 Å². The second-order valence-corrected chi connectivity index (χ2v) is 23.8. The van der Waals surface area contributed by atoms with Crippen molar-refractivity contribution in [3.05, 3.63) is 123 Å². The molecule has 1 N–H and O–H groups in total. The van der Waals surface area contributed by atoms with Gasteiger partial charge in [0, 0.05) is 0 Å². The van der Waals surface area contributed by atoms with Crippen molar-refractivity contribution in [2.24, 2.45) is 0 Å². The van der Waals surface area contributed by atoms with E-state index in [-0.39, 0.29) is 42.4 Å². The summed E-state index contributed by atoms with van der Waals surface area (Å²) in [6.07, 6.45) is 0. The molecule has 0 amide bonds. The minimum Gasteiger partial charge on any atom is -0.0619 e. The predicted octanol–water partition coefficient (Wildman–Crippen LogP) is 5.56. The van der Waals surface area contributed by atoms with Crippen LogP contribution >= 0.6 is 7.81 Å². The fraction of sp³-hybridized carbons (Fsp3) is 0.111. The van der Waals surface area contributed by atoms with Crippen molar-refractivity contribution in [3.8, 4) is 11.5 Å². The van der Waals surface area contributed by atoms with Crippen LogP contribution in [0.15, 0.2) is 109 Å². The zero-order valence-electron chi connectivity index (χ0n) is 25.7. The van der Waals surface area contributed by atoms with Crippen molar-refractivity contribution >= 4 is 37.4 Å². The molecule has 298 valence electrons. The first-order valence-corrected chi connectivity index (χ1v) is 26.3. The molecule has 0 aliphatic carbocycles. The molecule has 0 aliphatic rings. The largest absolute Gasteiger partial charge is 0.357 e. The van der Waals surface area contributed by atoms with Gasteiger partial charge in [-0.25, -0.2) is 0 Å². The minimum atomic E-state index is -11.2. The van der Waals surface area contributed by atoms with Crippen molar-refractivity contribution in [1.82, 2.24) is 0 Å². The summed E-state index contributed by atoms with van der Waals surface area (Å²) < 4.78 is 192. The summed E-state index contributed by atoms with van der Waals surface area (Å²) in [5.41, 5.74) is -5.53. The maximum absolute atomic E-state index is 11.2. The molecule has 0 atom stereocenters. The summed E-state index contributed by atoms with van der Waals surface area (Å²) in [7, 11) is -13.1. The number of benzene rings is 4. The van der Waals surface area contributed by atoms with E-state index >= 15 is 0 Å². The van der Waals surface area contributed by atoms with Crippen LogP contribution in [0.4, 0.5) is 55.2 Å². The molecule has 0 unspecified atom stereocenters. The predicted molar refractivity (Wildman–Crippen MR) is 157 cm³/mol. The van der Waals surface area contributed by atoms with E-state index in [1.807, 2.05) is 24.3 Å². The standard InChI is InChI=1S/C14H14IO2.C12H10I.CHF3O3S.F6P.6FH.Sb/c1-16-13-7-3-11(4-8-13)15-12-5-9-14(17-2)10-6-12;1-3-7-11(8-4-1)13-12-9-5-2-6-10-12;2-1(3,4)8(5,6)7;1-7(2,3,4,5)6;;;;;;;/h3-10H,1-2H3;1-10H;(H,5,6,7);;6*1H;/q2*+1;;-1;;;;;;;+5/p-6. The summed E-state index contributed by atoms with van der Waals surface area (Å²) in [6.45, 7) is 0. The smallest absolute Gasteiger partial charge is 0.0619 e. The summed E-state index contributed by atoms with van der Waals surface area (Å²) in [4.78, 5) is 0. The van der Waals surface area contributed by atoms with Gasteiger partial charge < -0.3 is 9.47 Å². The number of ether oxygens (including phenoxy) is 2. The Morgan fingerprint density at radius 2 is 0.731 bits per heavy atom. The average Bonchev–Trinajstić information content (AvgIpc) is 2.95. The Bertz CT molecular complexity index is 1630. The first kappa shape index (κ1) is 50.0. The number of halogens is 17. The number of alkyl halides is 3. The number of hydrogen-bond donors (Lipinski definition) is 1. The maximum atomic E-state index is 10.7. The first-order valence-electron chi connectivity index (χ1n) is 12.8. The van der Waals surface area contributed by atoms with Crippen LogP contribution in [0.2, 0.25) is 0 Å². The second kappa shape index (κ2) is 17.7. The van der Waals surface area contributed by atoms with Crippen LogP contribution in [0.25, 0.3) is 0 Å². The van der Waals surface area contributed by atoms with Crippen molar-refractivity contribution in [2.45, 2.75) is 5.51 Å². The van der Waals surface area contributed by atoms with E-state index in [1.54, 1.807) is 14.2 Å². The molecule has 4 aromatic rings. The van der Waals surface area contributed by atoms with Gasteiger partial charge in [-0.05, 0) is 72.8 Å². The third-order valence-electron chi connectivity index (χ3n) is 4.29. The molecule has 25 heteroatoms. The molecule has 52 heavy (non-hydrogen) atoms. The SMILES string of the molecule is COc1ccc([I+]c2ccc(OC)cc2)cc1.F[P-](F)(F)(F)(F)F.O=S(=O)(O)C(F)(F)F.[F][Sb-]([F])([F])([F])([F])[F].c1ccc([I+]c2ccccc2)cc1. The van der Waals surface area contributed by atoms with E-state index in [1.165, 1.54) is 14.3 Å². The number of rotatable bonds is 6. The summed E-state index contributed by atoms with van der Waals surface area (Å²) in [6, 6.07) is 38.0.